The summed E-state index contributed by atoms with van der Waals surface area (Å²) in [6.45, 7) is 1.87. The first-order chi connectivity index (χ1) is 7.86. The van der Waals surface area contributed by atoms with E-state index in [1.54, 1.807) is 0 Å². The van der Waals surface area contributed by atoms with Crippen LogP contribution in [0.5, 0.6) is 0 Å². The average Bonchev–Trinajstić information content (AvgIpc) is 2.24. The molecule has 0 amide bonds. The highest BCUT2D eigenvalue weighted by Crippen LogP contribution is 2.34. The third kappa shape index (κ3) is 3.44. The molecule has 0 aliphatic heterocycles. The van der Waals surface area contributed by atoms with Gasteiger partial charge in [0.15, 0.2) is 0 Å². The number of benzene rings is 1. The number of non-ortho nitro benzene ring substituents is 1. The lowest BCUT2D eigenvalue weighted by molar-refractivity contribution is -0.385. The molecule has 6 heteroatoms. The summed E-state index contributed by atoms with van der Waals surface area (Å²) in [6.07, 6.45) is -2.87. The number of nitro groups is 1. The van der Waals surface area contributed by atoms with Gasteiger partial charge in [-0.2, -0.15) is 13.2 Å². The van der Waals surface area contributed by atoms with E-state index in [-0.39, 0.29) is 12.0 Å². The van der Waals surface area contributed by atoms with Crippen molar-refractivity contribution in [1.29, 1.82) is 0 Å². The van der Waals surface area contributed by atoms with E-state index in [0.29, 0.717) is 12.5 Å². The molecule has 0 atom stereocenters. The van der Waals surface area contributed by atoms with Crippen LogP contribution in [0.1, 0.15) is 30.9 Å². The van der Waals surface area contributed by atoms with Crippen molar-refractivity contribution in [2.75, 3.05) is 0 Å². The number of alkyl halides is 3. The Hall–Kier alpha value is -1.59. The first kappa shape index (κ1) is 13.5. The molecule has 0 heterocycles. The van der Waals surface area contributed by atoms with Crippen molar-refractivity contribution in [1.82, 2.24) is 0 Å². The van der Waals surface area contributed by atoms with Gasteiger partial charge in [0, 0.05) is 12.1 Å². The zero-order valence-corrected chi connectivity index (χ0v) is 9.25. The number of rotatable bonds is 4. The summed E-state index contributed by atoms with van der Waals surface area (Å²) < 4.78 is 38.1. The van der Waals surface area contributed by atoms with E-state index in [4.69, 9.17) is 0 Å². The zero-order chi connectivity index (χ0) is 13.1. The fourth-order valence-electron chi connectivity index (χ4n) is 1.53. The molecule has 0 aliphatic carbocycles. The second-order valence-electron chi connectivity index (χ2n) is 3.70. The van der Waals surface area contributed by atoms with Gasteiger partial charge < -0.3 is 0 Å². The maximum atomic E-state index is 12.7. The maximum absolute atomic E-state index is 12.7. The van der Waals surface area contributed by atoms with Gasteiger partial charge >= 0.3 is 6.18 Å². The number of halogens is 3. The molecule has 0 aliphatic rings. The number of hydrogen-bond donors (Lipinski definition) is 0. The average molecular weight is 247 g/mol. The first-order valence-electron chi connectivity index (χ1n) is 5.20. The minimum Gasteiger partial charge on any atom is -0.258 e. The molecular weight excluding hydrogens is 235 g/mol. The van der Waals surface area contributed by atoms with Gasteiger partial charge in [-0.15, -0.1) is 0 Å². The summed E-state index contributed by atoms with van der Waals surface area (Å²) in [5.41, 5.74) is -1.32. The largest absolute Gasteiger partial charge is 0.416 e. The summed E-state index contributed by atoms with van der Waals surface area (Å²) in [7, 11) is 0. The van der Waals surface area contributed by atoms with Crippen LogP contribution in [-0.2, 0) is 12.6 Å². The molecule has 17 heavy (non-hydrogen) atoms. The predicted octanol–water partition coefficient (Wildman–Crippen LogP) is 3.96. The minimum absolute atomic E-state index is 0.116. The monoisotopic (exact) mass is 247 g/mol. The van der Waals surface area contributed by atoms with Crippen molar-refractivity contribution in [2.24, 2.45) is 0 Å². The first-order valence-corrected chi connectivity index (χ1v) is 5.20. The topological polar surface area (TPSA) is 43.1 Å². The van der Waals surface area contributed by atoms with Gasteiger partial charge in [-0.1, -0.05) is 19.4 Å². The van der Waals surface area contributed by atoms with Gasteiger partial charge in [-0.05, 0) is 18.4 Å². The molecule has 0 saturated heterocycles. The molecule has 1 rings (SSSR count). The number of nitrogens with zero attached hydrogens (tertiary/aromatic N) is 1. The van der Waals surface area contributed by atoms with E-state index in [0.717, 1.165) is 12.5 Å². The highest BCUT2D eigenvalue weighted by molar-refractivity contribution is 5.41. The van der Waals surface area contributed by atoms with Crippen LogP contribution < -0.4 is 0 Å². The Kier molecular flexibility index (Phi) is 4.09. The van der Waals surface area contributed by atoms with Gasteiger partial charge in [0.25, 0.3) is 5.69 Å². The SMILES string of the molecule is CCCCc1ccc([N+](=O)[O-])cc1C(F)(F)F. The summed E-state index contributed by atoms with van der Waals surface area (Å²) in [4.78, 5) is 9.62. The van der Waals surface area contributed by atoms with Crippen LogP contribution in [-0.4, -0.2) is 4.92 Å². The Labute approximate surface area is 96.4 Å². The van der Waals surface area contributed by atoms with Gasteiger partial charge in [0.2, 0.25) is 0 Å². The summed E-state index contributed by atoms with van der Waals surface area (Å²) in [5.74, 6) is 0. The standard InChI is InChI=1S/C11H12F3NO2/c1-2-3-4-8-5-6-9(15(16)17)7-10(8)11(12,13)14/h5-7H,2-4H2,1H3. The second-order valence-corrected chi connectivity index (χ2v) is 3.70. The van der Waals surface area contributed by atoms with Crippen LogP contribution in [0.15, 0.2) is 18.2 Å². The highest BCUT2D eigenvalue weighted by Gasteiger charge is 2.34. The van der Waals surface area contributed by atoms with Gasteiger partial charge in [-0.3, -0.25) is 10.1 Å². The van der Waals surface area contributed by atoms with E-state index in [9.17, 15) is 23.3 Å². The van der Waals surface area contributed by atoms with E-state index in [2.05, 4.69) is 0 Å². The Balaban J connectivity index is 3.17. The molecule has 94 valence electrons. The summed E-state index contributed by atoms with van der Waals surface area (Å²) in [5, 5.41) is 10.4. The maximum Gasteiger partial charge on any atom is 0.416 e. The van der Waals surface area contributed by atoms with Gasteiger partial charge in [-0.25, -0.2) is 0 Å². The van der Waals surface area contributed by atoms with E-state index >= 15 is 0 Å². The van der Waals surface area contributed by atoms with E-state index in [1.807, 2.05) is 6.92 Å². The number of hydrogen-bond acceptors (Lipinski definition) is 2. The molecule has 1 aromatic carbocycles. The van der Waals surface area contributed by atoms with E-state index in [1.165, 1.54) is 6.07 Å². The van der Waals surface area contributed by atoms with Gasteiger partial charge in [0.1, 0.15) is 0 Å². The molecular formula is C11H12F3NO2. The van der Waals surface area contributed by atoms with Crippen molar-refractivity contribution >= 4 is 5.69 Å². The molecule has 0 fully saturated rings. The minimum atomic E-state index is -4.55. The van der Waals surface area contributed by atoms with Crippen LogP contribution in [0.3, 0.4) is 0 Å². The molecule has 0 bridgehead atoms. The zero-order valence-electron chi connectivity index (χ0n) is 9.25. The third-order valence-electron chi connectivity index (χ3n) is 2.41. The second kappa shape index (κ2) is 5.16. The van der Waals surface area contributed by atoms with Gasteiger partial charge in [0.05, 0.1) is 10.5 Å². The fourth-order valence-corrected chi connectivity index (χ4v) is 1.53. The van der Waals surface area contributed by atoms with Crippen LogP contribution in [0.4, 0.5) is 18.9 Å². The quantitative estimate of drug-likeness (QED) is 0.597. The van der Waals surface area contributed by atoms with Crippen molar-refractivity contribution in [3.05, 3.63) is 39.4 Å². The number of aryl methyl sites for hydroxylation is 1. The molecule has 0 radical (unpaired) electrons. The van der Waals surface area contributed by atoms with Crippen LogP contribution in [0, 0.1) is 10.1 Å². The fraction of sp³-hybridized carbons (Fsp3) is 0.455. The van der Waals surface area contributed by atoms with Crippen molar-refractivity contribution < 1.29 is 18.1 Å². The molecule has 0 N–H and O–H groups in total. The normalized spacial score (nSPS) is 11.5. The molecule has 0 aromatic heterocycles. The third-order valence-corrected chi connectivity index (χ3v) is 2.41. The Morgan fingerprint density at radius 2 is 2.00 bits per heavy atom. The molecule has 0 saturated carbocycles. The highest BCUT2D eigenvalue weighted by atomic mass is 19.4. The lowest BCUT2D eigenvalue weighted by Gasteiger charge is -2.12. The van der Waals surface area contributed by atoms with Crippen LogP contribution in [0.25, 0.3) is 0 Å². The molecule has 3 nitrogen and oxygen atoms in total. The van der Waals surface area contributed by atoms with Crippen LogP contribution >= 0.6 is 0 Å². The lowest BCUT2D eigenvalue weighted by atomic mass is 10.0. The van der Waals surface area contributed by atoms with E-state index < -0.39 is 22.4 Å². The smallest absolute Gasteiger partial charge is 0.258 e. The molecule has 1 aromatic rings. The predicted molar refractivity (Wildman–Crippen MR) is 56.7 cm³/mol. The Morgan fingerprint density at radius 1 is 1.35 bits per heavy atom. The Bertz CT molecular complexity index is 416. The Morgan fingerprint density at radius 3 is 2.47 bits per heavy atom. The summed E-state index contributed by atoms with van der Waals surface area (Å²) >= 11 is 0. The van der Waals surface area contributed by atoms with Crippen molar-refractivity contribution in [3.63, 3.8) is 0 Å². The van der Waals surface area contributed by atoms with Crippen molar-refractivity contribution in [2.45, 2.75) is 32.4 Å². The molecule has 0 spiro atoms. The lowest BCUT2D eigenvalue weighted by Crippen LogP contribution is -2.10. The molecule has 0 unspecified atom stereocenters. The number of nitro benzene ring substituents is 1. The van der Waals surface area contributed by atoms with Crippen molar-refractivity contribution in [3.8, 4) is 0 Å². The number of unbranched alkanes of at least 4 members (excludes halogenated alkanes) is 1. The summed E-state index contributed by atoms with van der Waals surface area (Å²) in [6, 6.07) is 2.90. The van der Waals surface area contributed by atoms with Crippen LogP contribution in [0.2, 0.25) is 0 Å².